The van der Waals surface area contributed by atoms with Crippen LogP contribution in [0.4, 0.5) is 22.7 Å². The zero-order chi connectivity index (χ0) is 28.6. The van der Waals surface area contributed by atoms with Gasteiger partial charge in [-0.15, -0.1) is 0 Å². The van der Waals surface area contributed by atoms with Crippen molar-refractivity contribution in [2.24, 2.45) is 0 Å². The molecule has 2 aromatic heterocycles. The SMILES string of the molecule is Cc1cc(N(C)C)c2cc(NC(=O)c3ccc(C(=O)Nc4ccc5ncc(C)c(N(C)C)c5c4)cc3)ccc2n1. The number of carbonyl (C=O) groups is 2. The van der Waals surface area contributed by atoms with E-state index in [1.165, 1.54) is 0 Å². The first-order valence-electron chi connectivity index (χ1n) is 13.0. The number of nitrogens with zero attached hydrogens (tertiary/aromatic N) is 4. The van der Waals surface area contributed by atoms with Crippen molar-refractivity contribution in [3.05, 3.63) is 95.3 Å². The zero-order valence-corrected chi connectivity index (χ0v) is 23.5. The Balaban J connectivity index is 1.32. The summed E-state index contributed by atoms with van der Waals surface area (Å²) in [4.78, 5) is 39.2. The first-order chi connectivity index (χ1) is 19.1. The van der Waals surface area contributed by atoms with E-state index >= 15 is 0 Å². The van der Waals surface area contributed by atoms with Crippen molar-refractivity contribution in [1.82, 2.24) is 9.97 Å². The molecule has 202 valence electrons. The van der Waals surface area contributed by atoms with E-state index in [1.807, 2.05) is 100 Å². The monoisotopic (exact) mass is 532 g/mol. The number of anilines is 4. The number of aromatic nitrogens is 2. The molecule has 0 aliphatic heterocycles. The van der Waals surface area contributed by atoms with E-state index in [2.05, 4.69) is 20.6 Å². The molecule has 3 aromatic carbocycles. The fourth-order valence-corrected chi connectivity index (χ4v) is 4.91. The van der Waals surface area contributed by atoms with E-state index in [1.54, 1.807) is 24.3 Å². The molecular formula is C32H32N6O2. The number of benzene rings is 3. The molecule has 40 heavy (non-hydrogen) atoms. The van der Waals surface area contributed by atoms with Gasteiger partial charge in [0.05, 0.1) is 16.7 Å². The Morgan fingerprint density at radius 2 is 1.23 bits per heavy atom. The topological polar surface area (TPSA) is 90.5 Å². The average molecular weight is 533 g/mol. The van der Waals surface area contributed by atoms with Gasteiger partial charge in [0.25, 0.3) is 11.8 Å². The van der Waals surface area contributed by atoms with Crippen molar-refractivity contribution < 1.29 is 9.59 Å². The molecule has 0 aliphatic rings. The fraction of sp³-hybridized carbons (Fsp3) is 0.188. The summed E-state index contributed by atoms with van der Waals surface area (Å²) in [6, 6.07) is 20.0. The van der Waals surface area contributed by atoms with Gasteiger partial charge in [-0.25, -0.2) is 0 Å². The lowest BCUT2D eigenvalue weighted by Gasteiger charge is -2.18. The van der Waals surface area contributed by atoms with Crippen molar-refractivity contribution in [3.8, 4) is 0 Å². The van der Waals surface area contributed by atoms with E-state index < -0.39 is 0 Å². The average Bonchev–Trinajstić information content (AvgIpc) is 2.92. The lowest BCUT2D eigenvalue weighted by atomic mass is 10.1. The Hall–Kier alpha value is -4.98. The van der Waals surface area contributed by atoms with Gasteiger partial charge in [0.1, 0.15) is 0 Å². The lowest BCUT2D eigenvalue weighted by molar-refractivity contribution is 0.101. The number of nitrogens with one attached hydrogen (secondary N) is 2. The highest BCUT2D eigenvalue weighted by Gasteiger charge is 2.14. The molecule has 0 bridgehead atoms. The van der Waals surface area contributed by atoms with Crippen LogP contribution < -0.4 is 20.4 Å². The third kappa shape index (κ3) is 5.29. The van der Waals surface area contributed by atoms with Gasteiger partial charge < -0.3 is 20.4 Å². The van der Waals surface area contributed by atoms with Crippen molar-refractivity contribution in [2.75, 3.05) is 48.6 Å². The summed E-state index contributed by atoms with van der Waals surface area (Å²) < 4.78 is 0. The summed E-state index contributed by atoms with van der Waals surface area (Å²) in [6.45, 7) is 3.98. The largest absolute Gasteiger partial charge is 0.377 e. The summed E-state index contributed by atoms with van der Waals surface area (Å²) in [5.74, 6) is -0.516. The Labute approximate surface area is 233 Å². The second-order valence-electron chi connectivity index (χ2n) is 10.3. The van der Waals surface area contributed by atoms with Crippen LogP contribution in [0.5, 0.6) is 0 Å². The third-order valence-corrected chi connectivity index (χ3v) is 6.79. The van der Waals surface area contributed by atoms with E-state index in [4.69, 9.17) is 0 Å². The van der Waals surface area contributed by atoms with Crippen LogP contribution in [0, 0.1) is 13.8 Å². The van der Waals surface area contributed by atoms with E-state index in [0.717, 1.165) is 44.4 Å². The second-order valence-corrected chi connectivity index (χ2v) is 10.3. The number of amides is 2. The molecule has 0 saturated heterocycles. The normalized spacial score (nSPS) is 10.9. The van der Waals surface area contributed by atoms with Gasteiger partial charge in [0, 0.05) is 79.0 Å². The lowest BCUT2D eigenvalue weighted by Crippen LogP contribution is -2.15. The minimum atomic E-state index is -0.258. The highest BCUT2D eigenvalue weighted by molar-refractivity contribution is 6.08. The van der Waals surface area contributed by atoms with E-state index in [-0.39, 0.29) is 11.8 Å². The highest BCUT2D eigenvalue weighted by atomic mass is 16.2. The number of aryl methyl sites for hydroxylation is 2. The first-order valence-corrected chi connectivity index (χ1v) is 13.0. The number of carbonyl (C=O) groups excluding carboxylic acids is 2. The second kappa shape index (κ2) is 10.6. The Kier molecular flexibility index (Phi) is 7.09. The predicted molar refractivity (Wildman–Crippen MR) is 164 cm³/mol. The minimum absolute atomic E-state index is 0.258. The summed E-state index contributed by atoms with van der Waals surface area (Å²) >= 11 is 0. The van der Waals surface area contributed by atoms with Crippen LogP contribution >= 0.6 is 0 Å². The molecule has 0 unspecified atom stereocenters. The van der Waals surface area contributed by atoms with Gasteiger partial charge >= 0.3 is 0 Å². The molecule has 0 aliphatic carbocycles. The smallest absolute Gasteiger partial charge is 0.255 e. The standard InChI is InChI=1S/C32H32N6O2/c1-19-18-33-27-13-11-24(17-26(27)30(19)38(5)6)36-32(40)22-9-7-21(8-10-22)31(39)35-23-12-14-28-25(16-23)29(37(3)4)15-20(2)34-28/h7-18H,1-6H3,(H,35,39)(H,36,40). The molecule has 2 amide bonds. The number of pyridine rings is 2. The predicted octanol–water partition coefficient (Wildman–Crippen LogP) is 6.04. The van der Waals surface area contributed by atoms with Crippen LogP contribution in [0.3, 0.4) is 0 Å². The van der Waals surface area contributed by atoms with Gasteiger partial charge in [0.15, 0.2) is 0 Å². The van der Waals surface area contributed by atoms with Crippen LogP contribution in [-0.2, 0) is 0 Å². The van der Waals surface area contributed by atoms with Gasteiger partial charge in [-0.3, -0.25) is 19.6 Å². The van der Waals surface area contributed by atoms with Crippen LogP contribution in [0.15, 0.2) is 72.9 Å². The van der Waals surface area contributed by atoms with Gasteiger partial charge in [-0.1, -0.05) is 0 Å². The maximum atomic E-state index is 13.0. The van der Waals surface area contributed by atoms with Crippen LogP contribution in [0.25, 0.3) is 21.8 Å². The molecule has 0 spiro atoms. The van der Waals surface area contributed by atoms with Crippen LogP contribution in [0.1, 0.15) is 32.0 Å². The van der Waals surface area contributed by atoms with Gasteiger partial charge in [0.2, 0.25) is 0 Å². The molecule has 2 heterocycles. The molecule has 0 saturated carbocycles. The van der Waals surface area contributed by atoms with Crippen LogP contribution in [-0.4, -0.2) is 50.0 Å². The molecular weight excluding hydrogens is 500 g/mol. The molecule has 0 fully saturated rings. The van der Waals surface area contributed by atoms with E-state index in [0.29, 0.717) is 22.5 Å². The van der Waals surface area contributed by atoms with Crippen LogP contribution in [0.2, 0.25) is 0 Å². The number of hydrogen-bond donors (Lipinski definition) is 2. The maximum absolute atomic E-state index is 13.0. The quantitative estimate of drug-likeness (QED) is 0.277. The van der Waals surface area contributed by atoms with Crippen molar-refractivity contribution >= 4 is 56.4 Å². The number of fused-ring (bicyclic) bond motifs is 2. The molecule has 0 radical (unpaired) electrons. The summed E-state index contributed by atoms with van der Waals surface area (Å²) in [5, 5.41) is 7.85. The number of hydrogen-bond acceptors (Lipinski definition) is 6. The Morgan fingerprint density at radius 1 is 0.675 bits per heavy atom. The van der Waals surface area contributed by atoms with Crippen molar-refractivity contribution in [2.45, 2.75) is 13.8 Å². The molecule has 5 aromatic rings. The summed E-state index contributed by atoms with van der Waals surface area (Å²) in [7, 11) is 7.94. The van der Waals surface area contributed by atoms with Gasteiger partial charge in [-0.05, 0) is 86.1 Å². The molecule has 8 nitrogen and oxygen atoms in total. The van der Waals surface area contributed by atoms with Crippen molar-refractivity contribution in [1.29, 1.82) is 0 Å². The molecule has 2 N–H and O–H groups in total. The maximum Gasteiger partial charge on any atom is 0.255 e. The van der Waals surface area contributed by atoms with E-state index in [9.17, 15) is 9.59 Å². The Bertz CT molecular complexity index is 1760. The Morgan fingerprint density at radius 3 is 1.77 bits per heavy atom. The zero-order valence-electron chi connectivity index (χ0n) is 23.5. The molecule has 8 heteroatoms. The van der Waals surface area contributed by atoms with Gasteiger partial charge in [-0.2, -0.15) is 0 Å². The molecule has 5 rings (SSSR count). The van der Waals surface area contributed by atoms with Crippen molar-refractivity contribution in [3.63, 3.8) is 0 Å². The first kappa shape index (κ1) is 26.6. The molecule has 0 atom stereocenters. The summed E-state index contributed by atoms with van der Waals surface area (Å²) in [6.07, 6.45) is 1.85. The summed E-state index contributed by atoms with van der Waals surface area (Å²) in [5.41, 5.74) is 8.07. The third-order valence-electron chi connectivity index (χ3n) is 6.79. The highest BCUT2D eigenvalue weighted by Crippen LogP contribution is 2.30. The fourth-order valence-electron chi connectivity index (χ4n) is 4.91. The minimum Gasteiger partial charge on any atom is -0.377 e. The number of rotatable bonds is 6.